The summed E-state index contributed by atoms with van der Waals surface area (Å²) in [5.41, 5.74) is 2.82. The Hall–Kier alpha value is -3.16. The van der Waals surface area contributed by atoms with E-state index < -0.39 is 0 Å². The first-order valence-electron chi connectivity index (χ1n) is 11.2. The molecule has 0 bridgehead atoms. The zero-order chi connectivity index (χ0) is 22.9. The van der Waals surface area contributed by atoms with Crippen LogP contribution in [-0.2, 0) is 4.79 Å². The zero-order valence-electron chi connectivity index (χ0n) is 18.6. The monoisotopic (exact) mass is 463 g/mol. The molecule has 0 spiro atoms. The lowest BCUT2D eigenvalue weighted by Crippen LogP contribution is -2.44. The average Bonchev–Trinajstić information content (AvgIpc) is 3.25. The first-order chi connectivity index (χ1) is 16.0. The summed E-state index contributed by atoms with van der Waals surface area (Å²) in [6.07, 6.45) is 4.83. The minimum Gasteiger partial charge on any atom is -0.368 e. The minimum atomic E-state index is -0.279. The molecule has 170 valence electrons. The summed E-state index contributed by atoms with van der Waals surface area (Å²) in [6, 6.07) is 11.0. The molecule has 2 fully saturated rings. The molecule has 2 aromatic carbocycles. The highest BCUT2D eigenvalue weighted by molar-refractivity contribution is 6.31. The molecule has 7 nitrogen and oxygen atoms in total. The number of aromatic nitrogens is 1. The fourth-order valence-electron chi connectivity index (χ4n) is 4.62. The third kappa shape index (κ3) is 4.26. The molecule has 0 aliphatic carbocycles. The number of hydrogen-bond donors (Lipinski definition) is 1. The van der Waals surface area contributed by atoms with Gasteiger partial charge in [-0.25, -0.2) is 0 Å². The van der Waals surface area contributed by atoms with E-state index in [1.165, 1.54) is 0 Å². The number of likely N-dealkylation sites (N-methyl/N-ethyl adjacent to an activating group) is 1. The number of fused-ring (bicyclic) bond motifs is 1. The van der Waals surface area contributed by atoms with Crippen molar-refractivity contribution in [1.82, 2.24) is 9.88 Å². The van der Waals surface area contributed by atoms with Crippen LogP contribution in [0.25, 0.3) is 10.8 Å². The van der Waals surface area contributed by atoms with Gasteiger partial charge in [0.05, 0.1) is 16.9 Å². The lowest BCUT2D eigenvalue weighted by molar-refractivity contribution is -0.117. The van der Waals surface area contributed by atoms with E-state index in [1.807, 2.05) is 12.1 Å². The van der Waals surface area contributed by atoms with Crippen molar-refractivity contribution in [2.45, 2.75) is 12.8 Å². The van der Waals surface area contributed by atoms with Gasteiger partial charge >= 0.3 is 0 Å². The van der Waals surface area contributed by atoms with E-state index in [9.17, 15) is 9.59 Å². The highest BCUT2D eigenvalue weighted by atomic mass is 35.5. The van der Waals surface area contributed by atoms with Crippen molar-refractivity contribution in [1.29, 1.82) is 0 Å². The molecular weight excluding hydrogens is 438 g/mol. The molecule has 2 amide bonds. The van der Waals surface area contributed by atoms with Crippen molar-refractivity contribution < 1.29 is 9.59 Å². The fraction of sp³-hybridized carbons (Fsp3) is 0.320. The van der Waals surface area contributed by atoms with Crippen LogP contribution in [0.1, 0.15) is 23.2 Å². The van der Waals surface area contributed by atoms with Crippen LogP contribution in [0, 0.1) is 0 Å². The quantitative estimate of drug-likeness (QED) is 0.633. The van der Waals surface area contributed by atoms with Crippen LogP contribution >= 0.6 is 11.6 Å². The highest BCUT2D eigenvalue weighted by Gasteiger charge is 2.26. The molecule has 0 saturated carbocycles. The van der Waals surface area contributed by atoms with Crippen LogP contribution < -0.4 is 15.1 Å². The van der Waals surface area contributed by atoms with Crippen LogP contribution in [0.2, 0.25) is 5.02 Å². The Morgan fingerprint density at radius 2 is 1.82 bits per heavy atom. The Kier molecular flexibility index (Phi) is 5.91. The summed E-state index contributed by atoms with van der Waals surface area (Å²) in [7, 11) is 2.14. The molecule has 1 N–H and O–H groups in total. The van der Waals surface area contributed by atoms with Crippen LogP contribution in [-0.4, -0.2) is 61.5 Å². The second kappa shape index (κ2) is 9.00. The van der Waals surface area contributed by atoms with Crippen molar-refractivity contribution in [2.75, 3.05) is 54.9 Å². The van der Waals surface area contributed by atoms with Gasteiger partial charge in [-0.2, -0.15) is 0 Å². The van der Waals surface area contributed by atoms with Gasteiger partial charge in [0, 0.05) is 73.0 Å². The largest absolute Gasteiger partial charge is 0.368 e. The molecule has 2 saturated heterocycles. The van der Waals surface area contributed by atoms with E-state index in [-0.39, 0.29) is 11.8 Å². The molecule has 33 heavy (non-hydrogen) atoms. The maximum absolute atomic E-state index is 13.3. The highest BCUT2D eigenvalue weighted by Crippen LogP contribution is 2.34. The maximum atomic E-state index is 13.3. The topological polar surface area (TPSA) is 68.8 Å². The number of anilines is 3. The van der Waals surface area contributed by atoms with Gasteiger partial charge in [0.25, 0.3) is 5.91 Å². The number of rotatable bonds is 4. The summed E-state index contributed by atoms with van der Waals surface area (Å²) in [5.74, 6) is -0.267. The smallest absolute Gasteiger partial charge is 0.257 e. The van der Waals surface area contributed by atoms with Crippen molar-refractivity contribution in [3.8, 4) is 0 Å². The molecule has 3 aromatic rings. The van der Waals surface area contributed by atoms with Crippen molar-refractivity contribution in [3.05, 3.63) is 59.4 Å². The standard InChI is InChI=1S/C25H26ClN5O2/c1-29-11-13-30(14-12-29)22-7-6-21(20-16-27-9-8-18(20)22)28-25(33)19-5-4-17(26)15-23(19)31-10-2-3-24(31)32/h4-9,15-16H,2-3,10-14H2,1H3,(H,28,33). The van der Waals surface area contributed by atoms with Gasteiger partial charge < -0.3 is 20.0 Å². The van der Waals surface area contributed by atoms with E-state index in [0.29, 0.717) is 34.9 Å². The number of nitrogens with one attached hydrogen (secondary N) is 1. The summed E-state index contributed by atoms with van der Waals surface area (Å²) in [6.45, 7) is 4.53. The molecule has 8 heteroatoms. The van der Waals surface area contributed by atoms with Gasteiger partial charge in [0.15, 0.2) is 0 Å². The molecule has 0 atom stereocenters. The second-order valence-corrected chi connectivity index (χ2v) is 9.04. The van der Waals surface area contributed by atoms with Crippen molar-refractivity contribution in [2.24, 2.45) is 0 Å². The van der Waals surface area contributed by atoms with E-state index >= 15 is 0 Å². The molecule has 2 aliphatic rings. The SMILES string of the molecule is CN1CCN(c2ccc(NC(=O)c3ccc(Cl)cc3N3CCCC3=O)c3cnccc23)CC1. The lowest BCUT2D eigenvalue weighted by atomic mass is 10.1. The molecule has 1 aromatic heterocycles. The normalized spacial score (nSPS) is 17.1. The van der Waals surface area contributed by atoms with Crippen LogP contribution in [0.4, 0.5) is 17.1 Å². The second-order valence-electron chi connectivity index (χ2n) is 8.61. The number of piperazine rings is 1. The number of amides is 2. The zero-order valence-corrected chi connectivity index (χ0v) is 19.3. The minimum absolute atomic E-state index is 0.0116. The van der Waals surface area contributed by atoms with Crippen molar-refractivity contribution >= 4 is 51.2 Å². The lowest BCUT2D eigenvalue weighted by Gasteiger charge is -2.34. The summed E-state index contributed by atoms with van der Waals surface area (Å²) < 4.78 is 0. The van der Waals surface area contributed by atoms with Gasteiger partial charge in [-0.1, -0.05) is 11.6 Å². The van der Waals surface area contributed by atoms with Gasteiger partial charge in [-0.15, -0.1) is 0 Å². The predicted octanol–water partition coefficient (Wildman–Crippen LogP) is 4.02. The van der Waals surface area contributed by atoms with Crippen LogP contribution in [0.3, 0.4) is 0 Å². The number of hydrogen-bond acceptors (Lipinski definition) is 5. The average molecular weight is 464 g/mol. The number of nitrogens with zero attached hydrogens (tertiary/aromatic N) is 4. The Balaban J connectivity index is 1.48. The number of halogens is 1. The summed E-state index contributed by atoms with van der Waals surface area (Å²) in [5, 5.41) is 5.48. The number of carbonyl (C=O) groups excluding carboxylic acids is 2. The summed E-state index contributed by atoms with van der Waals surface area (Å²) in [4.78, 5) is 36.3. The Morgan fingerprint density at radius 3 is 2.58 bits per heavy atom. The maximum Gasteiger partial charge on any atom is 0.257 e. The molecule has 0 unspecified atom stereocenters. The molecule has 2 aliphatic heterocycles. The molecule has 5 rings (SSSR count). The third-order valence-electron chi connectivity index (χ3n) is 6.46. The molecule has 0 radical (unpaired) electrons. The predicted molar refractivity (Wildman–Crippen MR) is 132 cm³/mol. The van der Waals surface area contributed by atoms with Gasteiger partial charge in [-0.05, 0) is 49.9 Å². The van der Waals surface area contributed by atoms with E-state index in [0.717, 1.165) is 49.1 Å². The molecule has 3 heterocycles. The number of pyridine rings is 1. The molecular formula is C25H26ClN5O2. The number of benzene rings is 2. The van der Waals surface area contributed by atoms with E-state index in [2.05, 4.69) is 33.2 Å². The van der Waals surface area contributed by atoms with E-state index in [1.54, 1.807) is 35.5 Å². The Morgan fingerprint density at radius 1 is 1.00 bits per heavy atom. The first-order valence-corrected chi connectivity index (χ1v) is 11.6. The summed E-state index contributed by atoms with van der Waals surface area (Å²) >= 11 is 6.20. The Bertz CT molecular complexity index is 1220. The van der Waals surface area contributed by atoms with Gasteiger partial charge in [0.1, 0.15) is 0 Å². The van der Waals surface area contributed by atoms with Crippen molar-refractivity contribution in [3.63, 3.8) is 0 Å². The van der Waals surface area contributed by atoms with Gasteiger partial charge in [-0.3, -0.25) is 14.6 Å². The first kappa shape index (κ1) is 21.7. The third-order valence-corrected chi connectivity index (χ3v) is 6.69. The fourth-order valence-corrected chi connectivity index (χ4v) is 4.79. The van der Waals surface area contributed by atoms with E-state index in [4.69, 9.17) is 11.6 Å². The van der Waals surface area contributed by atoms with Crippen LogP contribution in [0.15, 0.2) is 48.8 Å². The Labute approximate surface area is 197 Å². The van der Waals surface area contributed by atoms with Gasteiger partial charge in [0.2, 0.25) is 5.91 Å². The van der Waals surface area contributed by atoms with Crippen LogP contribution in [0.5, 0.6) is 0 Å². The number of carbonyl (C=O) groups is 2.